The molecule has 136 valence electrons. The highest BCUT2D eigenvalue weighted by Gasteiger charge is 2.19. The Bertz CT molecular complexity index is 1020. The molecule has 0 aliphatic carbocycles. The van der Waals surface area contributed by atoms with Gasteiger partial charge in [0.15, 0.2) is 0 Å². The SMILES string of the molecule is N#Cc1c(-c2cc3n(n2)CCCNC3)cc(-c2cc(F)cc(F)c2)nc1N. The zero-order valence-electron chi connectivity index (χ0n) is 14.3. The maximum absolute atomic E-state index is 13.6. The first-order valence-corrected chi connectivity index (χ1v) is 8.50. The summed E-state index contributed by atoms with van der Waals surface area (Å²) in [6.45, 7) is 2.36. The minimum absolute atomic E-state index is 0.00371. The van der Waals surface area contributed by atoms with Gasteiger partial charge in [-0.2, -0.15) is 10.4 Å². The van der Waals surface area contributed by atoms with Gasteiger partial charge in [-0.05, 0) is 37.2 Å². The zero-order chi connectivity index (χ0) is 19.0. The van der Waals surface area contributed by atoms with Gasteiger partial charge < -0.3 is 11.1 Å². The maximum atomic E-state index is 13.6. The van der Waals surface area contributed by atoms with E-state index in [0.717, 1.165) is 31.3 Å². The summed E-state index contributed by atoms with van der Waals surface area (Å²) in [4.78, 5) is 4.15. The van der Waals surface area contributed by atoms with Crippen LogP contribution in [0.5, 0.6) is 0 Å². The van der Waals surface area contributed by atoms with Crippen molar-refractivity contribution in [2.75, 3.05) is 12.3 Å². The highest BCUT2D eigenvalue weighted by molar-refractivity contribution is 5.78. The van der Waals surface area contributed by atoms with E-state index in [1.54, 1.807) is 6.07 Å². The fourth-order valence-corrected chi connectivity index (χ4v) is 3.23. The van der Waals surface area contributed by atoms with Crippen LogP contribution in [0.2, 0.25) is 0 Å². The minimum Gasteiger partial charge on any atom is -0.383 e. The summed E-state index contributed by atoms with van der Waals surface area (Å²) in [6.07, 6.45) is 0.950. The van der Waals surface area contributed by atoms with Crippen molar-refractivity contribution in [2.24, 2.45) is 0 Å². The van der Waals surface area contributed by atoms with E-state index >= 15 is 0 Å². The largest absolute Gasteiger partial charge is 0.383 e. The van der Waals surface area contributed by atoms with Gasteiger partial charge in [-0.1, -0.05) is 0 Å². The second kappa shape index (κ2) is 6.78. The molecular formula is C19H16F2N6. The molecule has 0 amide bonds. The predicted molar refractivity (Wildman–Crippen MR) is 96.3 cm³/mol. The summed E-state index contributed by atoms with van der Waals surface area (Å²) in [5.74, 6) is -1.43. The average Bonchev–Trinajstić information content (AvgIpc) is 2.90. The molecule has 0 atom stereocenters. The van der Waals surface area contributed by atoms with Gasteiger partial charge in [0.1, 0.15) is 29.1 Å². The molecule has 3 N–H and O–H groups in total. The molecular weight excluding hydrogens is 350 g/mol. The molecule has 0 radical (unpaired) electrons. The monoisotopic (exact) mass is 366 g/mol. The molecule has 27 heavy (non-hydrogen) atoms. The first-order valence-electron chi connectivity index (χ1n) is 8.50. The number of hydrogen-bond acceptors (Lipinski definition) is 5. The molecule has 0 fully saturated rings. The van der Waals surface area contributed by atoms with Crippen LogP contribution in [0, 0.1) is 23.0 Å². The fourth-order valence-electron chi connectivity index (χ4n) is 3.23. The number of rotatable bonds is 2. The number of nitrogens with one attached hydrogen (secondary N) is 1. The number of nitrogens with zero attached hydrogens (tertiary/aromatic N) is 4. The van der Waals surface area contributed by atoms with E-state index in [2.05, 4.69) is 21.5 Å². The van der Waals surface area contributed by atoms with Gasteiger partial charge in [-0.3, -0.25) is 4.68 Å². The first-order chi connectivity index (χ1) is 13.0. The standard InChI is InChI=1S/C19H16F2N6/c20-12-4-11(5-13(21)6-12)17-8-15(16(9-22)19(23)25-17)18-7-14-10-24-2-1-3-27(14)26-18/h4-8,24H,1-3,10H2,(H2,23,25). The molecule has 1 aliphatic heterocycles. The zero-order valence-corrected chi connectivity index (χ0v) is 14.3. The lowest BCUT2D eigenvalue weighted by molar-refractivity contribution is 0.584. The van der Waals surface area contributed by atoms with Crippen molar-refractivity contribution in [2.45, 2.75) is 19.5 Å². The van der Waals surface area contributed by atoms with E-state index in [-0.39, 0.29) is 22.6 Å². The number of nitrogens with two attached hydrogens (primary N) is 1. The van der Waals surface area contributed by atoms with Gasteiger partial charge in [0.2, 0.25) is 0 Å². The Hall–Kier alpha value is -3.31. The second-order valence-electron chi connectivity index (χ2n) is 6.36. The lowest BCUT2D eigenvalue weighted by Gasteiger charge is -2.09. The third kappa shape index (κ3) is 3.25. The van der Waals surface area contributed by atoms with Crippen LogP contribution in [0.4, 0.5) is 14.6 Å². The Morgan fingerprint density at radius 1 is 1.11 bits per heavy atom. The Morgan fingerprint density at radius 3 is 2.63 bits per heavy atom. The molecule has 6 nitrogen and oxygen atoms in total. The van der Waals surface area contributed by atoms with Crippen molar-refractivity contribution in [3.63, 3.8) is 0 Å². The number of anilines is 1. The van der Waals surface area contributed by atoms with E-state index < -0.39 is 11.6 Å². The van der Waals surface area contributed by atoms with Crippen molar-refractivity contribution in [1.29, 1.82) is 5.26 Å². The number of nitriles is 1. The number of halogens is 2. The molecule has 0 spiro atoms. The lowest BCUT2D eigenvalue weighted by Crippen LogP contribution is -2.11. The molecule has 3 heterocycles. The number of pyridine rings is 1. The average molecular weight is 366 g/mol. The van der Waals surface area contributed by atoms with Gasteiger partial charge in [0, 0.05) is 30.3 Å². The van der Waals surface area contributed by atoms with E-state index in [4.69, 9.17) is 5.73 Å². The Balaban J connectivity index is 1.87. The topological polar surface area (TPSA) is 92.5 Å². The lowest BCUT2D eigenvalue weighted by atomic mass is 10.0. The van der Waals surface area contributed by atoms with E-state index in [1.807, 2.05) is 10.7 Å². The van der Waals surface area contributed by atoms with Crippen LogP contribution in [-0.4, -0.2) is 21.3 Å². The van der Waals surface area contributed by atoms with Gasteiger partial charge in [-0.25, -0.2) is 13.8 Å². The molecule has 8 heteroatoms. The van der Waals surface area contributed by atoms with Gasteiger partial charge in [-0.15, -0.1) is 0 Å². The molecule has 0 bridgehead atoms. The van der Waals surface area contributed by atoms with E-state index in [0.29, 0.717) is 17.8 Å². The quantitative estimate of drug-likeness (QED) is 0.728. The number of aryl methyl sites for hydroxylation is 1. The number of fused-ring (bicyclic) bond motifs is 1. The summed E-state index contributed by atoms with van der Waals surface area (Å²) >= 11 is 0. The van der Waals surface area contributed by atoms with E-state index in [9.17, 15) is 14.0 Å². The molecule has 1 aromatic carbocycles. The van der Waals surface area contributed by atoms with E-state index in [1.165, 1.54) is 12.1 Å². The van der Waals surface area contributed by atoms with Gasteiger partial charge >= 0.3 is 0 Å². The van der Waals surface area contributed by atoms with Crippen molar-refractivity contribution < 1.29 is 8.78 Å². The van der Waals surface area contributed by atoms with Crippen LogP contribution in [0.15, 0.2) is 30.3 Å². The van der Waals surface area contributed by atoms with Gasteiger partial charge in [0.25, 0.3) is 0 Å². The summed E-state index contributed by atoms with van der Waals surface area (Å²) in [5, 5.41) is 17.4. The maximum Gasteiger partial charge on any atom is 0.142 e. The third-order valence-electron chi connectivity index (χ3n) is 4.49. The Labute approximate surface area is 154 Å². The third-order valence-corrected chi connectivity index (χ3v) is 4.49. The Morgan fingerprint density at radius 2 is 1.89 bits per heavy atom. The molecule has 0 unspecified atom stereocenters. The molecule has 1 aliphatic rings. The molecule has 0 saturated heterocycles. The van der Waals surface area contributed by atoms with Crippen LogP contribution in [0.3, 0.4) is 0 Å². The highest BCUT2D eigenvalue weighted by Crippen LogP contribution is 2.31. The summed E-state index contributed by atoms with van der Waals surface area (Å²) < 4.78 is 29.1. The number of hydrogen-bond donors (Lipinski definition) is 2. The van der Waals surface area contributed by atoms with Gasteiger partial charge in [0.05, 0.1) is 17.1 Å². The first kappa shape index (κ1) is 17.1. The number of benzene rings is 1. The minimum atomic E-state index is -0.712. The van der Waals surface area contributed by atoms with Crippen LogP contribution < -0.4 is 11.1 Å². The van der Waals surface area contributed by atoms with Crippen LogP contribution >= 0.6 is 0 Å². The van der Waals surface area contributed by atoms with Crippen molar-refractivity contribution in [3.8, 4) is 28.6 Å². The predicted octanol–water partition coefficient (Wildman–Crippen LogP) is 2.84. The van der Waals surface area contributed by atoms with Crippen molar-refractivity contribution in [3.05, 3.63) is 53.2 Å². The highest BCUT2D eigenvalue weighted by atomic mass is 19.1. The van der Waals surface area contributed by atoms with Crippen molar-refractivity contribution in [1.82, 2.24) is 20.1 Å². The molecule has 3 aromatic rings. The van der Waals surface area contributed by atoms with Crippen LogP contribution in [0.1, 0.15) is 17.7 Å². The van der Waals surface area contributed by atoms with Crippen LogP contribution in [-0.2, 0) is 13.1 Å². The Kier molecular flexibility index (Phi) is 4.30. The normalized spacial score (nSPS) is 13.7. The molecule has 0 saturated carbocycles. The fraction of sp³-hybridized carbons (Fsp3) is 0.211. The van der Waals surface area contributed by atoms with Crippen LogP contribution in [0.25, 0.3) is 22.5 Å². The summed E-state index contributed by atoms with van der Waals surface area (Å²) in [6, 6.07) is 8.68. The number of nitrogen functional groups attached to an aromatic ring is 1. The summed E-state index contributed by atoms with van der Waals surface area (Å²) in [5.41, 5.74) is 8.75. The molecule has 4 rings (SSSR count). The smallest absolute Gasteiger partial charge is 0.142 e. The number of aromatic nitrogens is 3. The molecule has 2 aromatic heterocycles. The second-order valence-corrected chi connectivity index (χ2v) is 6.36. The van der Waals surface area contributed by atoms with Crippen molar-refractivity contribution >= 4 is 5.82 Å². The summed E-state index contributed by atoms with van der Waals surface area (Å²) in [7, 11) is 0.